The van der Waals surface area contributed by atoms with Gasteiger partial charge in [0.25, 0.3) is 11.7 Å². The summed E-state index contributed by atoms with van der Waals surface area (Å²) in [5, 5.41) is 11.5. The SMILES string of the molecule is Cc1nc2c(C)cccn2c1/C(O)=C1\C(=O)C(=O)N(CCN2CCOCC2)[C@@H]1c1cccnc1. The number of hydrogen-bond acceptors (Lipinski definition) is 7. The number of likely N-dealkylation sites (tertiary alicyclic amines) is 1. The summed E-state index contributed by atoms with van der Waals surface area (Å²) in [6.45, 7) is 7.55. The van der Waals surface area contributed by atoms with E-state index in [4.69, 9.17) is 4.74 Å². The third kappa shape index (κ3) is 3.76. The summed E-state index contributed by atoms with van der Waals surface area (Å²) in [5.41, 5.74) is 3.37. The number of fused-ring (bicyclic) bond motifs is 1. The van der Waals surface area contributed by atoms with Gasteiger partial charge in [0.2, 0.25) is 0 Å². The molecule has 34 heavy (non-hydrogen) atoms. The number of aryl methyl sites for hydroxylation is 2. The number of carbonyl (C=O) groups is 2. The van der Waals surface area contributed by atoms with Crippen LogP contribution in [0.25, 0.3) is 11.4 Å². The molecule has 5 rings (SSSR count). The lowest BCUT2D eigenvalue weighted by atomic mass is 9.97. The van der Waals surface area contributed by atoms with Gasteiger partial charge >= 0.3 is 0 Å². The van der Waals surface area contributed by atoms with Gasteiger partial charge in [-0.2, -0.15) is 0 Å². The van der Waals surface area contributed by atoms with Gasteiger partial charge in [-0.3, -0.25) is 23.9 Å². The first-order valence-electron chi connectivity index (χ1n) is 11.4. The molecule has 0 saturated carbocycles. The Morgan fingerprint density at radius 3 is 2.68 bits per heavy atom. The first kappa shape index (κ1) is 22.2. The molecule has 0 aliphatic carbocycles. The Balaban J connectivity index is 1.61. The average molecular weight is 462 g/mol. The Morgan fingerprint density at radius 1 is 1.15 bits per heavy atom. The van der Waals surface area contributed by atoms with E-state index < -0.39 is 17.7 Å². The number of hydrogen-bond donors (Lipinski definition) is 1. The topological polar surface area (TPSA) is 100 Å². The number of pyridine rings is 2. The van der Waals surface area contributed by atoms with Crippen LogP contribution in [0.1, 0.15) is 28.6 Å². The molecule has 9 nitrogen and oxygen atoms in total. The van der Waals surface area contributed by atoms with Gasteiger partial charge in [-0.1, -0.05) is 12.1 Å². The minimum atomic E-state index is -0.732. The summed E-state index contributed by atoms with van der Waals surface area (Å²) in [5.74, 6) is -1.54. The van der Waals surface area contributed by atoms with Crippen molar-refractivity contribution in [2.24, 2.45) is 0 Å². The lowest BCUT2D eigenvalue weighted by molar-refractivity contribution is -0.140. The molecule has 0 bridgehead atoms. The Kier molecular flexibility index (Phi) is 5.89. The number of amides is 1. The normalized spacial score (nSPS) is 21.0. The molecule has 1 amide bonds. The fourth-order valence-corrected chi connectivity index (χ4v) is 4.80. The van der Waals surface area contributed by atoms with Crippen LogP contribution in [0.4, 0.5) is 0 Å². The van der Waals surface area contributed by atoms with E-state index in [0.29, 0.717) is 48.9 Å². The van der Waals surface area contributed by atoms with Crippen molar-refractivity contribution in [3.8, 4) is 0 Å². The number of morpholine rings is 1. The number of aliphatic hydroxyl groups excluding tert-OH is 1. The molecule has 1 N–H and O–H groups in total. The van der Waals surface area contributed by atoms with Crippen LogP contribution in [0, 0.1) is 13.8 Å². The highest BCUT2D eigenvalue weighted by Gasteiger charge is 2.46. The zero-order valence-corrected chi connectivity index (χ0v) is 19.3. The predicted molar refractivity (Wildman–Crippen MR) is 125 cm³/mol. The second-order valence-corrected chi connectivity index (χ2v) is 8.66. The molecule has 0 spiro atoms. The maximum atomic E-state index is 13.3. The van der Waals surface area contributed by atoms with E-state index in [0.717, 1.165) is 18.7 Å². The molecule has 9 heteroatoms. The zero-order valence-electron chi connectivity index (χ0n) is 19.3. The molecule has 0 radical (unpaired) electrons. The lowest BCUT2D eigenvalue weighted by Crippen LogP contribution is -2.42. The number of imidazole rings is 1. The Bertz CT molecular complexity index is 1280. The molecule has 3 aromatic rings. The quantitative estimate of drug-likeness (QED) is 0.353. The highest BCUT2D eigenvalue weighted by atomic mass is 16.5. The number of aromatic nitrogens is 3. The van der Waals surface area contributed by atoms with E-state index in [-0.39, 0.29) is 11.3 Å². The minimum Gasteiger partial charge on any atom is -0.505 e. The number of aliphatic hydroxyl groups is 1. The van der Waals surface area contributed by atoms with Crippen LogP contribution in [0.15, 0.2) is 48.4 Å². The standard InChI is InChI=1S/C25H27N5O4/c1-16-5-4-8-29-20(17(2)27-24(16)29)22(31)19-21(18-6-3-7-26-15-18)30(25(33)23(19)32)10-9-28-11-13-34-14-12-28/h3-8,15,21,31H,9-14H2,1-2H3/b22-19+/t21-/m1/s1. The number of ketones is 1. The number of nitrogens with zero attached hydrogens (tertiary/aromatic N) is 5. The largest absolute Gasteiger partial charge is 0.505 e. The summed E-state index contributed by atoms with van der Waals surface area (Å²) >= 11 is 0. The van der Waals surface area contributed by atoms with Crippen molar-refractivity contribution in [1.82, 2.24) is 24.2 Å². The molecular weight excluding hydrogens is 434 g/mol. The molecule has 0 unspecified atom stereocenters. The molecule has 176 valence electrons. The van der Waals surface area contributed by atoms with E-state index in [2.05, 4.69) is 14.9 Å². The van der Waals surface area contributed by atoms with E-state index in [1.54, 1.807) is 40.9 Å². The maximum absolute atomic E-state index is 13.3. The highest BCUT2D eigenvalue weighted by molar-refractivity contribution is 6.46. The van der Waals surface area contributed by atoms with Crippen molar-refractivity contribution < 1.29 is 19.4 Å². The molecule has 2 fully saturated rings. The van der Waals surface area contributed by atoms with Gasteiger partial charge in [0.15, 0.2) is 5.76 Å². The van der Waals surface area contributed by atoms with Gasteiger partial charge in [0.1, 0.15) is 11.3 Å². The van der Waals surface area contributed by atoms with Crippen LogP contribution in [-0.4, -0.2) is 80.4 Å². The molecule has 2 aliphatic heterocycles. The predicted octanol–water partition coefficient (Wildman–Crippen LogP) is 2.10. The van der Waals surface area contributed by atoms with Crippen LogP contribution in [0.5, 0.6) is 0 Å². The number of carbonyl (C=O) groups excluding carboxylic acids is 2. The minimum absolute atomic E-state index is 0.0615. The smallest absolute Gasteiger partial charge is 0.295 e. The lowest BCUT2D eigenvalue weighted by Gasteiger charge is -2.30. The first-order valence-corrected chi connectivity index (χ1v) is 11.4. The van der Waals surface area contributed by atoms with E-state index in [1.165, 1.54) is 0 Å². The second kappa shape index (κ2) is 9.00. The molecule has 3 aromatic heterocycles. The van der Waals surface area contributed by atoms with E-state index in [9.17, 15) is 14.7 Å². The Labute approximate surface area is 197 Å². The highest BCUT2D eigenvalue weighted by Crippen LogP contribution is 2.39. The van der Waals surface area contributed by atoms with Gasteiger partial charge in [-0.25, -0.2) is 4.98 Å². The van der Waals surface area contributed by atoms with Crippen molar-refractivity contribution in [3.63, 3.8) is 0 Å². The monoisotopic (exact) mass is 461 g/mol. The second-order valence-electron chi connectivity index (χ2n) is 8.66. The average Bonchev–Trinajstić information content (AvgIpc) is 3.33. The van der Waals surface area contributed by atoms with Crippen LogP contribution in [0.2, 0.25) is 0 Å². The van der Waals surface area contributed by atoms with Crippen molar-refractivity contribution >= 4 is 23.1 Å². The molecule has 0 aromatic carbocycles. The third-order valence-electron chi connectivity index (χ3n) is 6.54. The number of Topliss-reactive ketones (excluding diaryl/α,β-unsaturated/α-hetero) is 1. The van der Waals surface area contributed by atoms with E-state index >= 15 is 0 Å². The van der Waals surface area contributed by atoms with Crippen LogP contribution in [0.3, 0.4) is 0 Å². The maximum Gasteiger partial charge on any atom is 0.295 e. The van der Waals surface area contributed by atoms with Gasteiger partial charge in [-0.05, 0) is 37.1 Å². The van der Waals surface area contributed by atoms with Gasteiger partial charge < -0.3 is 14.7 Å². The van der Waals surface area contributed by atoms with Crippen molar-refractivity contribution in [3.05, 3.63) is 70.9 Å². The Morgan fingerprint density at radius 2 is 1.94 bits per heavy atom. The van der Waals surface area contributed by atoms with Crippen LogP contribution in [-0.2, 0) is 14.3 Å². The molecular formula is C25H27N5O4. The van der Waals surface area contributed by atoms with Gasteiger partial charge in [-0.15, -0.1) is 0 Å². The number of rotatable bonds is 5. The summed E-state index contributed by atoms with van der Waals surface area (Å²) in [6.07, 6.45) is 5.07. The fourth-order valence-electron chi connectivity index (χ4n) is 4.80. The molecule has 1 atom stereocenters. The van der Waals surface area contributed by atoms with Gasteiger partial charge in [0, 0.05) is 44.8 Å². The van der Waals surface area contributed by atoms with Crippen molar-refractivity contribution in [2.75, 3.05) is 39.4 Å². The summed E-state index contributed by atoms with van der Waals surface area (Å²) in [7, 11) is 0. The summed E-state index contributed by atoms with van der Waals surface area (Å²) in [4.78, 5) is 39.1. The summed E-state index contributed by atoms with van der Waals surface area (Å²) < 4.78 is 7.18. The number of ether oxygens (including phenoxy) is 1. The molecule has 5 heterocycles. The molecule has 2 saturated heterocycles. The third-order valence-corrected chi connectivity index (χ3v) is 6.54. The molecule has 2 aliphatic rings. The van der Waals surface area contributed by atoms with Crippen molar-refractivity contribution in [1.29, 1.82) is 0 Å². The Hall–Kier alpha value is -3.56. The van der Waals surface area contributed by atoms with Crippen LogP contribution < -0.4 is 0 Å². The zero-order chi connectivity index (χ0) is 23.8. The van der Waals surface area contributed by atoms with Gasteiger partial charge in [0.05, 0.1) is 30.5 Å². The van der Waals surface area contributed by atoms with E-state index in [1.807, 2.05) is 25.1 Å². The summed E-state index contributed by atoms with van der Waals surface area (Å²) in [6, 6.07) is 6.65. The first-order chi connectivity index (χ1) is 16.5. The van der Waals surface area contributed by atoms with Crippen LogP contribution >= 0.6 is 0 Å². The fraction of sp³-hybridized carbons (Fsp3) is 0.360. The van der Waals surface area contributed by atoms with Crippen molar-refractivity contribution in [2.45, 2.75) is 19.9 Å².